The third-order valence-electron chi connectivity index (χ3n) is 13.7. The summed E-state index contributed by atoms with van der Waals surface area (Å²) < 4.78 is 15.3. The van der Waals surface area contributed by atoms with Crippen molar-refractivity contribution in [1.29, 1.82) is 0 Å². The number of benzene rings is 4. The largest absolute Gasteiger partial charge is 0.447 e. The number of ketones is 1. The van der Waals surface area contributed by atoms with Crippen molar-refractivity contribution in [3.63, 3.8) is 0 Å². The number of hydrogen-bond donors (Lipinski definition) is 3. The van der Waals surface area contributed by atoms with Crippen molar-refractivity contribution in [2.24, 2.45) is 23.5 Å². The van der Waals surface area contributed by atoms with E-state index in [1.54, 1.807) is 54.6 Å². The fraction of sp³-hybridized carbons (Fsp3) is 0.373. The number of ether oxygens (including phenoxy) is 3. The van der Waals surface area contributed by atoms with Crippen molar-refractivity contribution in [3.8, 4) is 0 Å². The number of nitrogens with zero attached hydrogens (tertiary/aromatic N) is 12. The van der Waals surface area contributed by atoms with Gasteiger partial charge in [0.1, 0.15) is 38.8 Å². The number of halogens is 9. The molecule has 10 rings (SSSR count). The molecule has 4 aromatic carbocycles. The summed E-state index contributed by atoms with van der Waals surface area (Å²) in [5.74, 6) is 2.16. The summed E-state index contributed by atoms with van der Waals surface area (Å²) in [6, 6.07) is 20.5. The second-order valence-corrected chi connectivity index (χ2v) is 24.9. The molecule has 0 saturated carbocycles. The molecule has 480 valence electrons. The third-order valence-corrected chi connectivity index (χ3v) is 16.8. The van der Waals surface area contributed by atoms with E-state index in [-0.39, 0.29) is 82.9 Å². The quantitative estimate of drug-likeness (QED) is 0.0674. The van der Waals surface area contributed by atoms with E-state index < -0.39 is 18.3 Å². The van der Waals surface area contributed by atoms with E-state index >= 15 is 0 Å². The molecule has 3 aliphatic heterocycles. The lowest BCUT2D eigenvalue weighted by Gasteiger charge is -2.22. The Kier molecular flexibility index (Phi) is 27.2. The van der Waals surface area contributed by atoms with Gasteiger partial charge in [0.05, 0.1) is 70.4 Å². The molecule has 90 heavy (non-hydrogen) atoms. The van der Waals surface area contributed by atoms with Crippen molar-refractivity contribution < 1.29 is 33.4 Å². The van der Waals surface area contributed by atoms with Crippen LogP contribution in [0.25, 0.3) is 0 Å². The fourth-order valence-corrected chi connectivity index (χ4v) is 9.77. The van der Waals surface area contributed by atoms with Gasteiger partial charge in [-0.15, -0.1) is 0 Å². The average Bonchev–Trinajstić information content (AvgIpc) is 2.54. The van der Waals surface area contributed by atoms with Crippen molar-refractivity contribution in [3.05, 3.63) is 159 Å². The molecular weight excluding hydrogens is 1350 g/mol. The van der Waals surface area contributed by atoms with Gasteiger partial charge in [-0.3, -0.25) is 4.79 Å². The van der Waals surface area contributed by atoms with E-state index in [2.05, 4.69) is 55.5 Å². The van der Waals surface area contributed by atoms with E-state index in [0.717, 1.165) is 16.7 Å². The van der Waals surface area contributed by atoms with Crippen LogP contribution in [0, 0.1) is 17.8 Å². The number of rotatable bonds is 14. The molecule has 31 heteroatoms. The zero-order valence-corrected chi connectivity index (χ0v) is 57.0. The molecule has 22 nitrogen and oxygen atoms in total. The van der Waals surface area contributed by atoms with Gasteiger partial charge < -0.3 is 30.6 Å². The summed E-state index contributed by atoms with van der Waals surface area (Å²) in [7, 11) is 0. The molecule has 7 aromatic rings. The third kappa shape index (κ3) is 20.0. The molecule has 0 radical (unpaired) electrons. The Hall–Kier alpha value is -6.44. The van der Waals surface area contributed by atoms with E-state index in [4.69, 9.17) is 124 Å². The maximum atomic E-state index is 12.1. The Balaban J connectivity index is 0.000000188. The minimum Gasteiger partial charge on any atom is -0.447 e. The minimum atomic E-state index is -0.446. The Morgan fingerprint density at radius 3 is 1.10 bits per heavy atom. The van der Waals surface area contributed by atoms with Crippen molar-refractivity contribution in [1.82, 2.24) is 44.9 Å². The van der Waals surface area contributed by atoms with Crippen LogP contribution in [0.2, 0.25) is 45.5 Å². The van der Waals surface area contributed by atoms with Crippen molar-refractivity contribution >= 4 is 158 Å². The molecular formula is C59H64Cl9N15O7. The number of cyclic esters (lactones) is 3. The van der Waals surface area contributed by atoms with Crippen LogP contribution >= 0.6 is 104 Å². The molecule has 3 saturated heterocycles. The van der Waals surface area contributed by atoms with Crippen molar-refractivity contribution in [2.75, 3.05) is 45.2 Å². The van der Waals surface area contributed by atoms with Crippen LogP contribution in [-0.4, -0.2) is 107 Å². The standard InChI is InChI=1S/2C17H19Cl2N5O2.C9H11ClN4O2.C8H9Cl2N.C8H6Cl2O/c2*1-9(2)14-7-26-17(25)24(14)16-21-8-20-15(23-16)22-10(3)11-4-5-12(18)13(19)6-11;1-5(2)6-3-16-9(15)14(6)8-12-4-11-7(10)13-8;2*1-5(11)6-2-3-7(9)8(10)4-6/h2*4-6,8-10,14H,7H2,1-3H3,(H,20,21,22,23);4-6H,3H2,1-2H3;2-5H,11H2,1H3;2-4H,1H3/t10-,14+;10-,14-;6-;;/m011../s1. The first-order valence-electron chi connectivity index (χ1n) is 27.7. The van der Waals surface area contributed by atoms with Crippen molar-refractivity contribution in [2.45, 2.75) is 105 Å². The number of nitrogens with one attached hydrogen (secondary N) is 2. The van der Waals surface area contributed by atoms with Gasteiger partial charge in [0.25, 0.3) is 0 Å². The molecule has 3 amide bonds. The van der Waals surface area contributed by atoms with Crippen LogP contribution in [0.3, 0.4) is 0 Å². The summed E-state index contributed by atoms with van der Waals surface area (Å²) >= 11 is 52.5. The lowest BCUT2D eigenvalue weighted by atomic mass is 10.1. The zero-order chi connectivity index (χ0) is 66.3. The number of carbonyl (C=O) groups excluding carboxylic acids is 4. The first-order chi connectivity index (χ1) is 42.5. The molecule has 0 bridgehead atoms. The smallest absolute Gasteiger partial charge is 0.417 e. The van der Waals surface area contributed by atoms with Gasteiger partial charge in [0.15, 0.2) is 5.78 Å². The van der Waals surface area contributed by atoms with Gasteiger partial charge in [-0.1, -0.05) is 153 Å². The summed E-state index contributed by atoms with van der Waals surface area (Å²) in [5.41, 5.74) is 9.08. The second kappa shape index (κ2) is 33.8. The predicted octanol–water partition coefficient (Wildman–Crippen LogP) is 16.4. The first kappa shape index (κ1) is 72.6. The number of aromatic nitrogens is 9. The minimum absolute atomic E-state index is 0.00441. The van der Waals surface area contributed by atoms with Crippen LogP contribution in [0.4, 0.5) is 44.1 Å². The Morgan fingerprint density at radius 1 is 0.456 bits per heavy atom. The van der Waals surface area contributed by atoms with Gasteiger partial charge in [-0.05, 0) is 128 Å². The summed E-state index contributed by atoms with van der Waals surface area (Å²) in [5, 5.41) is 10.4. The Bertz CT molecular complexity index is 3500. The number of amides is 3. The highest BCUT2D eigenvalue weighted by Crippen LogP contribution is 2.32. The van der Waals surface area contributed by atoms with Gasteiger partial charge in [0, 0.05) is 11.6 Å². The molecule has 3 aliphatic rings. The fourth-order valence-electron chi connectivity index (χ4n) is 8.43. The molecule has 3 fully saturated rings. The normalized spacial score (nSPS) is 16.9. The molecule has 6 heterocycles. The average molecular weight is 1410 g/mol. The number of Topliss-reactive ketones (excluding diaryl/α,β-unsaturated/α-hetero) is 1. The highest BCUT2D eigenvalue weighted by Gasteiger charge is 2.40. The molecule has 4 N–H and O–H groups in total. The molecule has 0 spiro atoms. The van der Waals surface area contributed by atoms with E-state index in [9.17, 15) is 19.2 Å². The predicted molar refractivity (Wildman–Crippen MR) is 354 cm³/mol. The van der Waals surface area contributed by atoms with Gasteiger partial charge in [-0.2, -0.15) is 15.0 Å². The number of nitrogens with two attached hydrogens (primary N) is 1. The van der Waals surface area contributed by atoms with Crippen LogP contribution in [0.1, 0.15) is 114 Å². The van der Waals surface area contributed by atoms with Gasteiger partial charge in [0.2, 0.25) is 35.0 Å². The maximum absolute atomic E-state index is 12.1. The lowest BCUT2D eigenvalue weighted by Crippen LogP contribution is -2.38. The SMILES string of the molecule is CC(=O)c1ccc(Cl)c(Cl)c1.CC(C)[C@H]1COC(=O)N1c1ncnc(Cl)n1.CC(C)[C@H]1COC(=O)N1c1ncnc(N[C@@H](C)c2ccc(Cl)c(Cl)c2)n1.CC(C)[C@H]1COC(=O)N1c1ncnc(N[C@H](C)c2ccc(Cl)c(Cl)c2)n1.CC(N)c1ccc(Cl)c(Cl)c1. The Morgan fingerprint density at radius 2 is 0.778 bits per heavy atom. The van der Waals surface area contributed by atoms with Crippen LogP contribution < -0.4 is 31.1 Å². The number of anilines is 5. The molecule has 1 unspecified atom stereocenters. The highest BCUT2D eigenvalue weighted by atomic mass is 35.5. The molecule has 3 aromatic heterocycles. The monoisotopic (exact) mass is 1410 g/mol. The van der Waals surface area contributed by atoms with E-state index in [1.165, 1.54) is 40.6 Å². The summed E-state index contributed by atoms with van der Waals surface area (Å²) in [6.07, 6.45) is 2.68. The Labute approximate surface area is 566 Å². The lowest BCUT2D eigenvalue weighted by molar-refractivity contribution is 0.101. The zero-order valence-electron chi connectivity index (χ0n) is 50.2. The number of hydrogen-bond acceptors (Lipinski definition) is 19. The molecule has 0 aliphatic carbocycles. The van der Waals surface area contributed by atoms with Crippen LogP contribution in [-0.2, 0) is 14.2 Å². The molecule has 6 atom stereocenters. The van der Waals surface area contributed by atoms with E-state index in [0.29, 0.717) is 77.5 Å². The van der Waals surface area contributed by atoms with Gasteiger partial charge >= 0.3 is 18.3 Å². The summed E-state index contributed by atoms with van der Waals surface area (Å²) in [4.78, 5) is 87.7. The number of carbonyl (C=O) groups is 4. The second-order valence-electron chi connectivity index (χ2n) is 21.3. The topological polar surface area (TPSA) is 272 Å². The summed E-state index contributed by atoms with van der Waals surface area (Å²) in [6.45, 7) is 20.4. The van der Waals surface area contributed by atoms with Gasteiger partial charge in [-0.25, -0.2) is 59.0 Å². The first-order valence-corrected chi connectivity index (χ1v) is 31.1. The maximum Gasteiger partial charge on any atom is 0.417 e. The van der Waals surface area contributed by atoms with Crippen LogP contribution in [0.15, 0.2) is 91.8 Å². The van der Waals surface area contributed by atoms with E-state index in [1.807, 2.05) is 80.5 Å². The van der Waals surface area contributed by atoms with Crippen LogP contribution in [0.5, 0.6) is 0 Å². The highest BCUT2D eigenvalue weighted by molar-refractivity contribution is 6.43.